The number of carbonyl (C=O) groups is 5. The summed E-state index contributed by atoms with van der Waals surface area (Å²) >= 11 is 0. The third-order valence-electron chi connectivity index (χ3n) is 5.00. The Labute approximate surface area is 152 Å². The molecule has 2 fully saturated rings. The molecule has 0 spiro atoms. The van der Waals surface area contributed by atoms with Crippen molar-refractivity contribution in [3.63, 3.8) is 0 Å². The van der Waals surface area contributed by atoms with Gasteiger partial charge in [-0.3, -0.25) is 29.8 Å². The fourth-order valence-electron chi connectivity index (χ4n) is 3.83. The number of carboxylic acids is 2. The Hall–Kier alpha value is -3.27. The van der Waals surface area contributed by atoms with Crippen molar-refractivity contribution in [1.29, 1.82) is 0 Å². The van der Waals surface area contributed by atoms with Crippen molar-refractivity contribution in [2.75, 3.05) is 7.11 Å². The van der Waals surface area contributed by atoms with Crippen LogP contribution in [-0.2, 0) is 23.9 Å². The number of rotatable bonds is 5. The first kappa shape index (κ1) is 18.5. The second-order valence-electron chi connectivity index (χ2n) is 6.44. The van der Waals surface area contributed by atoms with E-state index >= 15 is 0 Å². The van der Waals surface area contributed by atoms with Crippen molar-refractivity contribution >= 4 is 29.7 Å². The topological polar surface area (TPSA) is 159 Å². The number of nitrogens with one attached hydrogen (secondary N) is 2. The van der Waals surface area contributed by atoms with Crippen LogP contribution in [0.2, 0.25) is 0 Å². The van der Waals surface area contributed by atoms with Crippen LogP contribution in [-0.4, -0.2) is 52.6 Å². The Bertz CT molecular complexity index is 849. The normalized spacial score (nSPS) is 29.1. The Morgan fingerprint density at radius 2 is 1.74 bits per heavy atom. The molecule has 2 aliphatic rings. The lowest BCUT2D eigenvalue weighted by Gasteiger charge is -2.28. The van der Waals surface area contributed by atoms with E-state index in [2.05, 4.69) is 15.4 Å². The fourth-order valence-corrected chi connectivity index (χ4v) is 3.83. The van der Waals surface area contributed by atoms with Crippen LogP contribution in [0, 0.1) is 11.8 Å². The molecule has 4 unspecified atom stereocenters. The highest BCUT2D eigenvalue weighted by molar-refractivity contribution is 6.10. The molecule has 4 atom stereocenters. The molecule has 10 nitrogen and oxygen atoms in total. The molecule has 0 saturated carbocycles. The van der Waals surface area contributed by atoms with Crippen molar-refractivity contribution in [3.8, 4) is 0 Å². The summed E-state index contributed by atoms with van der Waals surface area (Å²) < 4.78 is 4.60. The molecule has 0 radical (unpaired) electrons. The van der Waals surface area contributed by atoms with Gasteiger partial charge in [0, 0.05) is 6.04 Å². The van der Waals surface area contributed by atoms with Crippen molar-refractivity contribution in [2.45, 2.75) is 18.0 Å². The maximum Gasteiger partial charge on any atom is 0.337 e. The van der Waals surface area contributed by atoms with Crippen LogP contribution in [0.4, 0.5) is 0 Å². The van der Waals surface area contributed by atoms with Gasteiger partial charge >= 0.3 is 17.9 Å². The summed E-state index contributed by atoms with van der Waals surface area (Å²) in [6.45, 7) is 0. The first-order valence-corrected chi connectivity index (χ1v) is 7.97. The third-order valence-corrected chi connectivity index (χ3v) is 5.00. The predicted octanol–water partition coefficient (Wildman–Crippen LogP) is -0.696. The molecule has 10 heteroatoms. The lowest BCUT2D eigenvalue weighted by atomic mass is 9.77. The third kappa shape index (κ3) is 2.83. The minimum absolute atomic E-state index is 0.248. The van der Waals surface area contributed by atoms with Gasteiger partial charge in [-0.05, 0) is 17.7 Å². The van der Waals surface area contributed by atoms with Gasteiger partial charge in [-0.1, -0.05) is 12.1 Å². The van der Waals surface area contributed by atoms with Crippen LogP contribution in [0.25, 0.3) is 0 Å². The Balaban J connectivity index is 2.05. The van der Waals surface area contributed by atoms with Crippen molar-refractivity contribution < 1.29 is 38.9 Å². The van der Waals surface area contributed by atoms with E-state index in [1.807, 2.05) is 0 Å². The van der Waals surface area contributed by atoms with Crippen LogP contribution in [0.3, 0.4) is 0 Å². The van der Waals surface area contributed by atoms with Gasteiger partial charge in [-0.25, -0.2) is 4.79 Å². The van der Waals surface area contributed by atoms with Gasteiger partial charge in [0.2, 0.25) is 11.8 Å². The number of benzene rings is 1. The molecule has 0 aromatic heterocycles. The summed E-state index contributed by atoms with van der Waals surface area (Å²) in [6, 6.07) is 4.95. The molecule has 3 rings (SSSR count). The van der Waals surface area contributed by atoms with E-state index in [1.54, 1.807) is 0 Å². The standard InChI is InChI=1S/C17H16N2O8/c1-27-15(24)8-4-2-7(3-5-8)12-10-11(14(23)18-13(10)22)17(19-12,16(25)26)6-9(20)21/h2-5,10-12,19H,6H2,1H3,(H,20,21)(H,25,26)(H,18,22,23). The summed E-state index contributed by atoms with van der Waals surface area (Å²) in [5.41, 5.74) is -1.44. The van der Waals surface area contributed by atoms with E-state index in [1.165, 1.54) is 31.4 Å². The number of imide groups is 1. The van der Waals surface area contributed by atoms with Crippen LogP contribution in [0.1, 0.15) is 28.4 Å². The van der Waals surface area contributed by atoms with Gasteiger partial charge in [0.25, 0.3) is 0 Å². The molecule has 0 aliphatic carbocycles. The number of fused-ring (bicyclic) bond motifs is 1. The number of aliphatic carboxylic acids is 2. The second-order valence-corrected chi connectivity index (χ2v) is 6.44. The molecule has 2 amide bonds. The lowest BCUT2D eigenvalue weighted by Crippen LogP contribution is -2.56. The number of ether oxygens (including phenoxy) is 1. The first-order valence-electron chi connectivity index (χ1n) is 7.97. The number of amides is 2. The van der Waals surface area contributed by atoms with Crippen molar-refractivity contribution in [2.24, 2.45) is 11.8 Å². The van der Waals surface area contributed by atoms with Crippen LogP contribution in [0.5, 0.6) is 0 Å². The molecule has 1 aromatic carbocycles. The summed E-state index contributed by atoms with van der Waals surface area (Å²) in [5, 5.41) is 23.7. The van der Waals surface area contributed by atoms with Gasteiger partial charge in [0.15, 0.2) is 0 Å². The Morgan fingerprint density at radius 3 is 2.26 bits per heavy atom. The summed E-state index contributed by atoms with van der Waals surface area (Å²) in [7, 11) is 1.22. The quantitative estimate of drug-likeness (QED) is 0.385. The Kier molecular flexibility index (Phi) is 4.44. The highest BCUT2D eigenvalue weighted by Crippen LogP contribution is 2.47. The fraction of sp³-hybridized carbons (Fsp3) is 0.353. The van der Waals surface area contributed by atoms with Gasteiger partial charge in [0.1, 0.15) is 5.54 Å². The molecule has 0 bridgehead atoms. The minimum Gasteiger partial charge on any atom is -0.481 e. The van der Waals surface area contributed by atoms with E-state index < -0.39 is 59.6 Å². The first-order chi connectivity index (χ1) is 12.7. The minimum atomic E-state index is -2.13. The van der Waals surface area contributed by atoms with E-state index in [9.17, 15) is 34.2 Å². The molecular weight excluding hydrogens is 360 g/mol. The zero-order valence-electron chi connectivity index (χ0n) is 14.1. The average Bonchev–Trinajstić information content (AvgIpc) is 3.11. The van der Waals surface area contributed by atoms with Crippen molar-refractivity contribution in [1.82, 2.24) is 10.6 Å². The zero-order chi connectivity index (χ0) is 19.9. The molecule has 2 aliphatic heterocycles. The molecule has 142 valence electrons. The lowest BCUT2D eigenvalue weighted by molar-refractivity contribution is -0.154. The maximum atomic E-state index is 12.3. The summed E-state index contributed by atoms with van der Waals surface area (Å²) in [4.78, 5) is 59.3. The van der Waals surface area contributed by atoms with Gasteiger partial charge in [-0.2, -0.15) is 0 Å². The van der Waals surface area contributed by atoms with Gasteiger partial charge < -0.3 is 14.9 Å². The van der Waals surface area contributed by atoms with E-state index in [0.717, 1.165) is 0 Å². The number of hydrogen-bond donors (Lipinski definition) is 4. The number of hydrogen-bond acceptors (Lipinski definition) is 7. The van der Waals surface area contributed by atoms with Gasteiger partial charge in [0.05, 0.1) is 30.9 Å². The Morgan fingerprint density at radius 1 is 1.11 bits per heavy atom. The van der Waals surface area contributed by atoms with E-state index in [4.69, 9.17) is 0 Å². The number of methoxy groups -OCH3 is 1. The van der Waals surface area contributed by atoms with Gasteiger partial charge in [-0.15, -0.1) is 0 Å². The van der Waals surface area contributed by atoms with Crippen molar-refractivity contribution in [3.05, 3.63) is 35.4 Å². The summed E-state index contributed by atoms with van der Waals surface area (Å²) in [6.07, 6.45) is -0.874. The SMILES string of the molecule is COC(=O)c1ccc(C2NC(CC(=O)O)(C(=O)O)C3C(=O)NC(=O)C23)cc1. The molecule has 4 N–H and O–H groups in total. The zero-order valence-corrected chi connectivity index (χ0v) is 14.1. The number of carbonyl (C=O) groups excluding carboxylic acids is 3. The molecule has 2 saturated heterocycles. The number of carboxylic acid groups (broad SMARTS) is 2. The molecular formula is C17H16N2O8. The summed E-state index contributed by atoms with van der Waals surface area (Å²) in [5.74, 6) is -7.47. The monoisotopic (exact) mass is 376 g/mol. The van der Waals surface area contributed by atoms with Crippen LogP contribution in [0.15, 0.2) is 24.3 Å². The highest BCUT2D eigenvalue weighted by Gasteiger charge is 2.67. The number of esters is 1. The largest absolute Gasteiger partial charge is 0.481 e. The average molecular weight is 376 g/mol. The molecule has 2 heterocycles. The smallest absolute Gasteiger partial charge is 0.337 e. The maximum absolute atomic E-state index is 12.3. The van der Waals surface area contributed by atoms with E-state index in [-0.39, 0.29) is 5.56 Å². The van der Waals surface area contributed by atoms with E-state index in [0.29, 0.717) is 5.56 Å². The molecule has 1 aromatic rings. The molecule has 27 heavy (non-hydrogen) atoms. The van der Waals surface area contributed by atoms with Crippen LogP contribution < -0.4 is 10.6 Å². The second kappa shape index (κ2) is 6.47. The highest BCUT2D eigenvalue weighted by atomic mass is 16.5. The predicted molar refractivity (Wildman–Crippen MR) is 86.4 cm³/mol. The van der Waals surface area contributed by atoms with Crippen LogP contribution >= 0.6 is 0 Å².